The first-order valence-corrected chi connectivity index (χ1v) is 8.51. The van der Waals surface area contributed by atoms with Gasteiger partial charge in [-0.15, -0.1) is 0 Å². The molecule has 6 nitrogen and oxygen atoms in total. The highest BCUT2D eigenvalue weighted by atomic mass is 16.3. The van der Waals surface area contributed by atoms with Crippen LogP contribution in [0.25, 0.3) is 5.65 Å². The van der Waals surface area contributed by atoms with E-state index in [9.17, 15) is 4.79 Å². The van der Waals surface area contributed by atoms with E-state index >= 15 is 0 Å². The first-order chi connectivity index (χ1) is 12.2. The van der Waals surface area contributed by atoms with Gasteiger partial charge in [0.25, 0.3) is 5.91 Å². The maximum atomic E-state index is 12.8. The van der Waals surface area contributed by atoms with Gasteiger partial charge in [0.1, 0.15) is 5.56 Å². The molecule has 128 valence electrons. The van der Waals surface area contributed by atoms with E-state index < -0.39 is 0 Å². The highest BCUT2D eigenvalue weighted by Gasteiger charge is 2.28. The fourth-order valence-electron chi connectivity index (χ4n) is 3.45. The first-order valence-electron chi connectivity index (χ1n) is 8.51. The zero-order valence-electron chi connectivity index (χ0n) is 13.9. The minimum atomic E-state index is 0.00632. The molecule has 25 heavy (non-hydrogen) atoms. The summed E-state index contributed by atoms with van der Waals surface area (Å²) in [4.78, 5) is 19.0. The molecule has 1 aromatic carbocycles. The minimum absolute atomic E-state index is 0.00632. The quantitative estimate of drug-likeness (QED) is 0.790. The lowest BCUT2D eigenvalue weighted by Crippen LogP contribution is -2.29. The van der Waals surface area contributed by atoms with E-state index in [1.807, 2.05) is 17.0 Å². The summed E-state index contributed by atoms with van der Waals surface area (Å²) in [5, 5.41) is 13.3. The fourth-order valence-corrected chi connectivity index (χ4v) is 3.45. The third-order valence-electron chi connectivity index (χ3n) is 4.81. The zero-order valence-corrected chi connectivity index (χ0v) is 13.9. The van der Waals surface area contributed by atoms with Crippen LogP contribution in [0.1, 0.15) is 27.9 Å². The van der Waals surface area contributed by atoms with E-state index in [2.05, 4.69) is 22.2 Å². The van der Waals surface area contributed by atoms with Crippen molar-refractivity contribution in [1.82, 2.24) is 19.5 Å². The lowest BCUT2D eigenvalue weighted by atomic mass is 9.98. The molecule has 1 saturated heterocycles. The van der Waals surface area contributed by atoms with Crippen LogP contribution in [0.15, 0.2) is 48.9 Å². The largest absolute Gasteiger partial charge is 0.392 e. The predicted octanol–water partition coefficient (Wildman–Crippen LogP) is 1.93. The molecule has 0 bridgehead atoms. The average Bonchev–Trinajstić information content (AvgIpc) is 3.29. The van der Waals surface area contributed by atoms with E-state index in [1.165, 1.54) is 5.56 Å². The van der Waals surface area contributed by atoms with Crippen LogP contribution >= 0.6 is 0 Å². The topological polar surface area (TPSA) is 70.7 Å². The maximum Gasteiger partial charge on any atom is 0.259 e. The molecule has 2 aromatic heterocycles. The lowest BCUT2D eigenvalue weighted by Gasteiger charge is -2.16. The molecule has 0 saturated carbocycles. The molecular formula is C19H20N4O2. The van der Waals surface area contributed by atoms with Gasteiger partial charge in [-0.3, -0.25) is 4.79 Å². The summed E-state index contributed by atoms with van der Waals surface area (Å²) in [5.74, 6) is 0.463. The Morgan fingerprint density at radius 3 is 2.84 bits per heavy atom. The van der Waals surface area contributed by atoms with Crippen LogP contribution in [-0.2, 0) is 13.0 Å². The van der Waals surface area contributed by atoms with E-state index in [4.69, 9.17) is 5.11 Å². The second-order valence-electron chi connectivity index (χ2n) is 6.53. The molecule has 1 N–H and O–H groups in total. The van der Waals surface area contributed by atoms with Crippen molar-refractivity contribution in [3.8, 4) is 0 Å². The molecule has 4 rings (SSSR count). The Bertz CT molecular complexity index is 888. The number of carbonyl (C=O) groups is 1. The summed E-state index contributed by atoms with van der Waals surface area (Å²) in [6.07, 6.45) is 7.02. The van der Waals surface area contributed by atoms with Crippen molar-refractivity contribution in [3.63, 3.8) is 0 Å². The van der Waals surface area contributed by atoms with Crippen LogP contribution in [0.3, 0.4) is 0 Å². The van der Waals surface area contributed by atoms with Gasteiger partial charge in [0.2, 0.25) is 0 Å². The highest BCUT2D eigenvalue weighted by molar-refractivity contribution is 5.99. The smallest absolute Gasteiger partial charge is 0.259 e. The number of amides is 1. The number of aliphatic hydroxyl groups excluding tert-OH is 1. The summed E-state index contributed by atoms with van der Waals surface area (Å²) in [6, 6.07) is 9.83. The molecule has 1 atom stereocenters. The van der Waals surface area contributed by atoms with Crippen molar-refractivity contribution >= 4 is 11.6 Å². The Morgan fingerprint density at radius 2 is 2.04 bits per heavy atom. The number of nitrogens with zero attached hydrogens (tertiary/aromatic N) is 4. The molecule has 1 fully saturated rings. The Hall–Kier alpha value is -2.73. The monoisotopic (exact) mass is 336 g/mol. The van der Waals surface area contributed by atoms with Gasteiger partial charge < -0.3 is 10.0 Å². The molecule has 6 heteroatoms. The number of rotatable bonds is 4. The molecule has 1 aliphatic heterocycles. The number of likely N-dealkylation sites (tertiary alicyclic amines) is 1. The number of hydrogen-bond donors (Lipinski definition) is 1. The van der Waals surface area contributed by atoms with Gasteiger partial charge in [-0.1, -0.05) is 24.3 Å². The Kier molecular flexibility index (Phi) is 4.19. The van der Waals surface area contributed by atoms with E-state index in [0.29, 0.717) is 17.1 Å². The van der Waals surface area contributed by atoms with E-state index in [-0.39, 0.29) is 12.5 Å². The van der Waals surface area contributed by atoms with Crippen LogP contribution in [0.5, 0.6) is 0 Å². The lowest BCUT2D eigenvalue weighted by molar-refractivity contribution is 0.0789. The second kappa shape index (κ2) is 6.64. The number of hydrogen-bond acceptors (Lipinski definition) is 4. The summed E-state index contributed by atoms with van der Waals surface area (Å²) >= 11 is 0. The fraction of sp³-hybridized carbons (Fsp3) is 0.316. The van der Waals surface area contributed by atoms with Gasteiger partial charge >= 0.3 is 0 Å². The summed E-state index contributed by atoms with van der Waals surface area (Å²) < 4.78 is 1.63. The molecule has 0 radical (unpaired) electrons. The van der Waals surface area contributed by atoms with E-state index in [0.717, 1.165) is 31.5 Å². The predicted molar refractivity (Wildman–Crippen MR) is 93.1 cm³/mol. The van der Waals surface area contributed by atoms with Crippen molar-refractivity contribution in [2.24, 2.45) is 5.92 Å². The molecule has 1 aliphatic rings. The molecule has 1 unspecified atom stereocenters. The van der Waals surface area contributed by atoms with Crippen molar-refractivity contribution in [2.75, 3.05) is 13.1 Å². The zero-order chi connectivity index (χ0) is 17.2. The van der Waals surface area contributed by atoms with Gasteiger partial charge in [0.05, 0.1) is 12.8 Å². The van der Waals surface area contributed by atoms with Crippen LogP contribution < -0.4 is 0 Å². The van der Waals surface area contributed by atoms with Crippen LogP contribution in [0.4, 0.5) is 0 Å². The Labute approximate surface area is 145 Å². The van der Waals surface area contributed by atoms with Crippen LogP contribution in [-0.4, -0.2) is 43.6 Å². The normalized spacial score (nSPS) is 17.3. The Balaban J connectivity index is 1.43. The number of carbonyl (C=O) groups excluding carboxylic acids is 1. The minimum Gasteiger partial charge on any atom is -0.392 e. The van der Waals surface area contributed by atoms with E-state index in [1.54, 1.807) is 29.2 Å². The molecule has 3 heterocycles. The summed E-state index contributed by atoms with van der Waals surface area (Å²) in [6.45, 7) is 1.59. The number of benzene rings is 1. The Morgan fingerprint density at radius 1 is 1.24 bits per heavy atom. The number of aromatic nitrogens is 3. The number of fused-ring (bicyclic) bond motifs is 1. The third-order valence-corrected chi connectivity index (χ3v) is 4.81. The second-order valence-corrected chi connectivity index (χ2v) is 6.53. The van der Waals surface area contributed by atoms with Crippen molar-refractivity contribution in [2.45, 2.75) is 19.4 Å². The van der Waals surface area contributed by atoms with Crippen molar-refractivity contribution < 1.29 is 9.90 Å². The van der Waals surface area contributed by atoms with Crippen molar-refractivity contribution in [1.29, 1.82) is 0 Å². The average molecular weight is 336 g/mol. The molecule has 3 aromatic rings. The van der Waals surface area contributed by atoms with Crippen LogP contribution in [0, 0.1) is 5.92 Å². The maximum absolute atomic E-state index is 12.8. The molecule has 1 amide bonds. The van der Waals surface area contributed by atoms with Gasteiger partial charge in [0, 0.05) is 25.5 Å². The molecule has 0 aliphatic carbocycles. The SMILES string of the molecule is O=C(c1cnn2cccnc12)N1CCC(Cc2ccc(CO)cc2)C1. The van der Waals surface area contributed by atoms with Gasteiger partial charge in [-0.2, -0.15) is 5.10 Å². The van der Waals surface area contributed by atoms with Crippen molar-refractivity contribution in [3.05, 3.63) is 65.6 Å². The molecular weight excluding hydrogens is 316 g/mol. The van der Waals surface area contributed by atoms with Gasteiger partial charge in [-0.05, 0) is 36.0 Å². The highest BCUT2D eigenvalue weighted by Crippen LogP contribution is 2.23. The number of aliphatic hydroxyl groups is 1. The first kappa shape index (κ1) is 15.8. The van der Waals surface area contributed by atoms with Gasteiger partial charge in [-0.25, -0.2) is 9.50 Å². The summed E-state index contributed by atoms with van der Waals surface area (Å²) in [7, 11) is 0. The van der Waals surface area contributed by atoms with Gasteiger partial charge in [0.15, 0.2) is 5.65 Å². The van der Waals surface area contributed by atoms with Crippen LogP contribution in [0.2, 0.25) is 0 Å². The third kappa shape index (κ3) is 3.13. The molecule has 0 spiro atoms. The summed E-state index contributed by atoms with van der Waals surface area (Å²) in [5.41, 5.74) is 3.34. The standard InChI is InChI=1S/C19H20N4O2/c24-13-15-4-2-14(3-5-15)10-16-6-9-22(12-16)19(25)17-11-21-23-8-1-7-20-18(17)23/h1-5,7-8,11,16,24H,6,9-10,12-13H2.